The maximum atomic E-state index is 12.9. The summed E-state index contributed by atoms with van der Waals surface area (Å²) in [5, 5.41) is 0. The van der Waals surface area contributed by atoms with Gasteiger partial charge in [0.05, 0.1) is 12.6 Å². The summed E-state index contributed by atoms with van der Waals surface area (Å²) in [6, 6.07) is -0.935. The summed E-state index contributed by atoms with van der Waals surface area (Å²) in [5.74, 6) is -2.68. The van der Waals surface area contributed by atoms with Gasteiger partial charge in [0, 0.05) is 6.54 Å². The summed E-state index contributed by atoms with van der Waals surface area (Å²) in [6.45, 7) is 2.46. The largest absolute Gasteiger partial charge is 0.323 e. The van der Waals surface area contributed by atoms with E-state index in [1.807, 2.05) is 6.66 Å². The molecule has 0 aromatic heterocycles. The molecule has 2 N–H and O–H groups in total. The van der Waals surface area contributed by atoms with Crippen LogP contribution in [-0.2, 0) is 0 Å². The minimum absolute atomic E-state index is 0.164. The minimum atomic E-state index is -2.68. The maximum Gasteiger partial charge on any atom is 0.275 e. The lowest BCUT2D eigenvalue weighted by molar-refractivity contribution is -0.0590. The van der Waals surface area contributed by atoms with E-state index in [1.54, 1.807) is 4.67 Å². The fourth-order valence-corrected chi connectivity index (χ4v) is 1.87. The minimum Gasteiger partial charge on any atom is -0.323 e. The topological polar surface area (TPSA) is 29.3 Å². The van der Waals surface area contributed by atoms with Crippen LogP contribution in [0.4, 0.5) is 8.78 Å². The van der Waals surface area contributed by atoms with Gasteiger partial charge in [-0.2, -0.15) is 0 Å². The van der Waals surface area contributed by atoms with E-state index >= 15 is 0 Å². The van der Waals surface area contributed by atoms with E-state index in [0.717, 1.165) is 0 Å². The summed E-state index contributed by atoms with van der Waals surface area (Å²) in [7, 11) is 0.461. The van der Waals surface area contributed by atoms with Crippen molar-refractivity contribution in [1.29, 1.82) is 0 Å². The normalized spacial score (nSPS) is 33.3. The highest BCUT2D eigenvalue weighted by molar-refractivity contribution is 7.34. The predicted octanol–water partition coefficient (Wildman–Crippen LogP) is 0.878. The second-order valence-corrected chi connectivity index (χ2v) is 3.88. The Kier molecular flexibility index (Phi) is 2.79. The van der Waals surface area contributed by atoms with E-state index in [0.29, 0.717) is 21.7 Å². The van der Waals surface area contributed by atoms with Crippen molar-refractivity contribution in [3.8, 4) is 0 Å². The first-order chi connectivity index (χ1) is 5.06. The van der Waals surface area contributed by atoms with E-state index in [4.69, 9.17) is 5.73 Å². The summed E-state index contributed by atoms with van der Waals surface area (Å²) in [6.07, 6.45) is 0.411. The van der Waals surface area contributed by atoms with Crippen molar-refractivity contribution in [2.75, 3.05) is 19.8 Å². The van der Waals surface area contributed by atoms with E-state index < -0.39 is 12.0 Å². The first kappa shape index (κ1) is 9.30. The number of hydrogen-bond donors (Lipinski definition) is 1. The molecule has 0 aliphatic carbocycles. The fraction of sp³-hybridized carbons (Fsp3) is 1.00. The highest BCUT2D eigenvalue weighted by Crippen LogP contribution is 2.30. The van der Waals surface area contributed by atoms with Crippen LogP contribution in [0.3, 0.4) is 0 Å². The van der Waals surface area contributed by atoms with Crippen LogP contribution in [0.1, 0.15) is 6.42 Å². The van der Waals surface area contributed by atoms with Gasteiger partial charge in [-0.1, -0.05) is 8.73 Å². The van der Waals surface area contributed by atoms with Crippen LogP contribution in [-0.4, -0.2) is 36.4 Å². The van der Waals surface area contributed by atoms with E-state index in [1.165, 1.54) is 0 Å². The van der Waals surface area contributed by atoms with Gasteiger partial charge in [-0.05, 0) is 13.1 Å². The van der Waals surface area contributed by atoms with Crippen molar-refractivity contribution in [2.24, 2.45) is 5.73 Å². The third-order valence-electron chi connectivity index (χ3n) is 1.97. The van der Waals surface area contributed by atoms with Crippen molar-refractivity contribution in [1.82, 2.24) is 4.67 Å². The molecule has 0 radical (unpaired) electrons. The SMILES string of the molecule is CPN1CCC(N)C(F)(F)C1. The van der Waals surface area contributed by atoms with Crippen LogP contribution in [0.2, 0.25) is 0 Å². The number of alkyl halides is 2. The molecule has 0 aromatic carbocycles. The number of piperidine rings is 1. The first-order valence-electron chi connectivity index (χ1n) is 3.62. The first-order valence-corrected chi connectivity index (χ1v) is 5.07. The monoisotopic (exact) mass is 182 g/mol. The van der Waals surface area contributed by atoms with Gasteiger partial charge in [0.15, 0.2) is 0 Å². The quantitative estimate of drug-likeness (QED) is 0.610. The zero-order valence-corrected chi connectivity index (χ0v) is 7.48. The highest BCUT2D eigenvalue weighted by Gasteiger charge is 2.41. The smallest absolute Gasteiger partial charge is 0.275 e. The fourth-order valence-electron chi connectivity index (χ4n) is 1.15. The van der Waals surface area contributed by atoms with Gasteiger partial charge < -0.3 is 5.73 Å². The summed E-state index contributed by atoms with van der Waals surface area (Å²) < 4.78 is 27.5. The summed E-state index contributed by atoms with van der Waals surface area (Å²) >= 11 is 0. The number of nitrogens with two attached hydrogens (primary N) is 1. The molecular weight excluding hydrogens is 169 g/mol. The van der Waals surface area contributed by atoms with Crippen LogP contribution in [0.25, 0.3) is 0 Å². The molecule has 1 saturated heterocycles. The van der Waals surface area contributed by atoms with Gasteiger partial charge in [0.2, 0.25) is 0 Å². The average Bonchev–Trinajstić information content (AvgIpc) is 1.95. The molecule has 0 spiro atoms. The molecule has 2 unspecified atom stereocenters. The molecule has 1 fully saturated rings. The second kappa shape index (κ2) is 3.30. The average molecular weight is 182 g/mol. The molecule has 1 rings (SSSR count). The Morgan fingerprint density at radius 3 is 2.73 bits per heavy atom. The number of hydrogen-bond acceptors (Lipinski definition) is 2. The van der Waals surface area contributed by atoms with Crippen LogP contribution in [0, 0.1) is 0 Å². The van der Waals surface area contributed by atoms with Gasteiger partial charge in [-0.15, -0.1) is 0 Å². The lowest BCUT2D eigenvalue weighted by Crippen LogP contribution is -2.53. The zero-order valence-electron chi connectivity index (χ0n) is 6.48. The molecule has 2 nitrogen and oxygen atoms in total. The molecule has 0 aromatic rings. The third-order valence-corrected chi connectivity index (χ3v) is 2.98. The molecule has 66 valence electrons. The Morgan fingerprint density at radius 1 is 1.64 bits per heavy atom. The predicted molar refractivity (Wildman–Crippen MR) is 43.4 cm³/mol. The van der Waals surface area contributed by atoms with Crippen molar-refractivity contribution < 1.29 is 8.78 Å². The summed E-state index contributed by atoms with van der Waals surface area (Å²) in [5.41, 5.74) is 5.26. The Morgan fingerprint density at radius 2 is 2.27 bits per heavy atom. The van der Waals surface area contributed by atoms with Gasteiger partial charge in [0.1, 0.15) is 0 Å². The van der Waals surface area contributed by atoms with Crippen molar-refractivity contribution in [3.63, 3.8) is 0 Å². The van der Waals surface area contributed by atoms with Crippen molar-refractivity contribution in [2.45, 2.75) is 18.4 Å². The van der Waals surface area contributed by atoms with E-state index in [-0.39, 0.29) is 6.54 Å². The number of halogens is 2. The van der Waals surface area contributed by atoms with Crippen LogP contribution >= 0.6 is 8.73 Å². The second-order valence-electron chi connectivity index (χ2n) is 2.80. The van der Waals surface area contributed by atoms with Crippen LogP contribution in [0.15, 0.2) is 0 Å². The lowest BCUT2D eigenvalue weighted by Gasteiger charge is -2.35. The highest BCUT2D eigenvalue weighted by atomic mass is 31.1. The molecule has 1 heterocycles. The Bertz CT molecular complexity index is 143. The zero-order chi connectivity index (χ0) is 8.48. The lowest BCUT2D eigenvalue weighted by atomic mass is 10.0. The molecule has 5 heteroatoms. The van der Waals surface area contributed by atoms with E-state index in [2.05, 4.69) is 0 Å². The van der Waals surface area contributed by atoms with Gasteiger partial charge in [0.25, 0.3) is 5.92 Å². The van der Waals surface area contributed by atoms with Crippen molar-refractivity contribution >= 4 is 8.73 Å². The molecule has 0 bridgehead atoms. The maximum absolute atomic E-state index is 12.9. The molecule has 2 atom stereocenters. The Labute approximate surface area is 67.0 Å². The Hall–Kier alpha value is 0.210. The van der Waals surface area contributed by atoms with E-state index in [9.17, 15) is 8.78 Å². The molecule has 1 aliphatic rings. The number of nitrogens with zero attached hydrogens (tertiary/aromatic N) is 1. The van der Waals surface area contributed by atoms with Gasteiger partial charge in [-0.3, -0.25) is 4.67 Å². The molecule has 0 saturated carbocycles. The standard InChI is InChI=1S/C6H13F2N2P/c1-11-10-3-2-5(9)6(7,8)4-10/h5,11H,2-4,9H2,1H3. The van der Waals surface area contributed by atoms with Gasteiger partial charge in [-0.25, -0.2) is 8.78 Å². The number of rotatable bonds is 1. The molecule has 0 amide bonds. The molecule has 11 heavy (non-hydrogen) atoms. The summed E-state index contributed by atoms with van der Waals surface area (Å²) in [4.78, 5) is 0. The molecule has 1 aliphatic heterocycles. The van der Waals surface area contributed by atoms with Crippen LogP contribution in [0.5, 0.6) is 0 Å². The molecular formula is C6H13F2N2P. The third kappa shape index (κ3) is 2.08. The Balaban J connectivity index is 2.52. The van der Waals surface area contributed by atoms with Gasteiger partial charge >= 0.3 is 0 Å². The van der Waals surface area contributed by atoms with Crippen LogP contribution < -0.4 is 5.73 Å². The van der Waals surface area contributed by atoms with Crippen molar-refractivity contribution in [3.05, 3.63) is 0 Å².